The van der Waals surface area contributed by atoms with E-state index >= 15 is 0 Å². The van der Waals surface area contributed by atoms with E-state index in [1.54, 1.807) is 19.4 Å². The molecule has 28 heavy (non-hydrogen) atoms. The molecule has 144 valence electrons. The van der Waals surface area contributed by atoms with Gasteiger partial charge < -0.3 is 10.5 Å². The Morgan fingerprint density at radius 3 is 2.93 bits per heavy atom. The van der Waals surface area contributed by atoms with Crippen LogP contribution in [0.15, 0.2) is 42.6 Å². The number of nitrogen functional groups attached to an aromatic ring is 1. The predicted molar refractivity (Wildman–Crippen MR) is 104 cm³/mol. The molecule has 7 heteroatoms. The van der Waals surface area contributed by atoms with Gasteiger partial charge in [0.15, 0.2) is 11.6 Å². The van der Waals surface area contributed by atoms with Crippen molar-refractivity contribution >= 4 is 11.6 Å². The van der Waals surface area contributed by atoms with E-state index in [1.165, 1.54) is 6.07 Å². The monoisotopic (exact) mass is 380 g/mol. The lowest BCUT2D eigenvalue weighted by Crippen LogP contribution is -2.22. The zero-order valence-electron chi connectivity index (χ0n) is 15.5. The van der Waals surface area contributed by atoms with Gasteiger partial charge in [-0.15, -0.1) is 0 Å². The fourth-order valence-electron chi connectivity index (χ4n) is 3.63. The molecule has 0 amide bonds. The predicted octanol–water partition coefficient (Wildman–Crippen LogP) is 3.15. The molecule has 0 fully saturated rings. The maximum absolute atomic E-state index is 14.7. The third kappa shape index (κ3) is 3.36. The van der Waals surface area contributed by atoms with Crippen molar-refractivity contribution in [2.24, 2.45) is 0 Å². The third-order valence-electron chi connectivity index (χ3n) is 5.11. The molecule has 1 unspecified atom stereocenters. The number of nitrogens with two attached hydrogens (primary N) is 1. The van der Waals surface area contributed by atoms with Gasteiger partial charge in [-0.2, -0.15) is 5.10 Å². The second-order valence-electron chi connectivity index (χ2n) is 6.85. The average Bonchev–Trinajstić information content (AvgIpc) is 3.31. The van der Waals surface area contributed by atoms with Gasteiger partial charge in [-0.1, -0.05) is 12.1 Å². The molecule has 1 aliphatic heterocycles. The zero-order chi connectivity index (χ0) is 19.7. The molecule has 2 aromatic carbocycles. The van der Waals surface area contributed by atoms with Gasteiger partial charge in [0.1, 0.15) is 11.6 Å². The summed E-state index contributed by atoms with van der Waals surface area (Å²) in [5.74, 6) is 0.635. The van der Waals surface area contributed by atoms with E-state index in [0.717, 1.165) is 16.9 Å². The number of aromatic nitrogens is 2. The van der Waals surface area contributed by atoms with Crippen molar-refractivity contribution in [2.75, 3.05) is 12.8 Å². The van der Waals surface area contributed by atoms with Crippen LogP contribution < -0.4 is 15.8 Å². The first kappa shape index (κ1) is 18.2. The van der Waals surface area contributed by atoms with E-state index in [-0.39, 0.29) is 11.6 Å². The number of benzene rings is 2. The number of fused-ring (bicyclic) bond motifs is 1. The van der Waals surface area contributed by atoms with Gasteiger partial charge in [0, 0.05) is 30.3 Å². The number of carbonyl (C=O) groups excluding carboxylic acids is 1. The Morgan fingerprint density at radius 2 is 2.18 bits per heavy atom. The number of halogens is 1. The number of ether oxygens (including phenoxy) is 1. The Bertz CT molecular complexity index is 1030. The minimum atomic E-state index is -0.495. The van der Waals surface area contributed by atoms with E-state index < -0.39 is 11.9 Å². The highest BCUT2D eigenvalue weighted by atomic mass is 19.1. The Labute approximate surface area is 161 Å². The second-order valence-corrected chi connectivity index (χ2v) is 6.85. The molecule has 3 aromatic rings. The molecular formula is C21H21FN4O2. The molecule has 0 bridgehead atoms. The average molecular weight is 380 g/mol. The lowest BCUT2D eigenvalue weighted by atomic mass is 9.95. The first-order chi connectivity index (χ1) is 13.6. The summed E-state index contributed by atoms with van der Waals surface area (Å²) < 4.78 is 19.9. The molecule has 0 aliphatic carbocycles. The van der Waals surface area contributed by atoms with Crippen LogP contribution in [0.1, 0.15) is 29.2 Å². The van der Waals surface area contributed by atoms with Gasteiger partial charge >= 0.3 is 0 Å². The Kier molecular flexibility index (Phi) is 4.83. The highest BCUT2D eigenvalue weighted by molar-refractivity contribution is 5.87. The Morgan fingerprint density at radius 1 is 1.32 bits per heavy atom. The van der Waals surface area contributed by atoms with Crippen molar-refractivity contribution in [2.45, 2.75) is 25.4 Å². The smallest absolute Gasteiger partial charge is 0.154 e. The van der Waals surface area contributed by atoms with Crippen molar-refractivity contribution in [1.29, 1.82) is 0 Å². The standard InChI is InChI=1S/C21H21FN4O2/c1-28-14-4-2-3-12(7-14)5-6-19(27)20-15-9-18(22)16(8-13(15)10-24-20)17-11-25-26-21(17)23/h2-4,7-9,11,20,24H,5-6,10H2,1H3,(H3,23,25,26). The second kappa shape index (κ2) is 7.44. The minimum absolute atomic E-state index is 0.0385. The van der Waals surface area contributed by atoms with Crippen molar-refractivity contribution in [3.63, 3.8) is 0 Å². The van der Waals surface area contributed by atoms with Crippen LogP contribution in [0.4, 0.5) is 10.2 Å². The number of carbonyl (C=O) groups is 1. The molecule has 4 N–H and O–H groups in total. The van der Waals surface area contributed by atoms with Gasteiger partial charge in [0.25, 0.3) is 0 Å². The number of nitrogens with zero attached hydrogens (tertiary/aromatic N) is 1. The van der Waals surface area contributed by atoms with Crippen molar-refractivity contribution < 1.29 is 13.9 Å². The molecule has 1 atom stereocenters. The number of hydrogen-bond acceptors (Lipinski definition) is 5. The topological polar surface area (TPSA) is 93.0 Å². The molecular weight excluding hydrogens is 359 g/mol. The fourth-order valence-corrected chi connectivity index (χ4v) is 3.63. The van der Waals surface area contributed by atoms with Crippen LogP contribution in [0.25, 0.3) is 11.1 Å². The number of rotatable bonds is 6. The summed E-state index contributed by atoms with van der Waals surface area (Å²) in [5.41, 5.74) is 9.32. The number of methoxy groups -OCH3 is 1. The molecule has 0 saturated heterocycles. The zero-order valence-corrected chi connectivity index (χ0v) is 15.5. The molecule has 0 radical (unpaired) electrons. The number of hydrogen-bond donors (Lipinski definition) is 3. The maximum Gasteiger partial charge on any atom is 0.154 e. The van der Waals surface area contributed by atoms with Crippen LogP contribution in [0, 0.1) is 5.82 Å². The fraction of sp³-hybridized carbons (Fsp3) is 0.238. The number of H-pyrrole nitrogens is 1. The molecule has 1 aromatic heterocycles. The van der Waals surface area contributed by atoms with E-state index in [1.807, 2.05) is 24.3 Å². The van der Waals surface area contributed by atoms with Crippen LogP contribution in [0.5, 0.6) is 5.75 Å². The van der Waals surface area contributed by atoms with E-state index in [4.69, 9.17) is 10.5 Å². The maximum atomic E-state index is 14.7. The number of Topliss-reactive ketones (excluding diaryl/α,β-unsaturated/α-hetero) is 1. The largest absolute Gasteiger partial charge is 0.497 e. The van der Waals surface area contributed by atoms with Gasteiger partial charge in [0.2, 0.25) is 0 Å². The molecule has 0 saturated carbocycles. The number of nitrogens with one attached hydrogen (secondary N) is 2. The summed E-state index contributed by atoms with van der Waals surface area (Å²) in [6.45, 7) is 0.510. The number of anilines is 1. The SMILES string of the molecule is COc1cccc(CCC(=O)C2NCc3cc(-c4c[nH]nc4N)c(F)cc32)c1. The summed E-state index contributed by atoms with van der Waals surface area (Å²) in [5, 5.41) is 9.68. The summed E-state index contributed by atoms with van der Waals surface area (Å²) in [4.78, 5) is 12.8. The van der Waals surface area contributed by atoms with Gasteiger partial charge in [-0.05, 0) is 47.4 Å². The summed E-state index contributed by atoms with van der Waals surface area (Å²) in [7, 11) is 1.61. The van der Waals surface area contributed by atoms with Crippen molar-refractivity contribution in [1.82, 2.24) is 15.5 Å². The van der Waals surface area contributed by atoms with Crippen molar-refractivity contribution in [3.8, 4) is 16.9 Å². The molecule has 4 rings (SSSR count). The van der Waals surface area contributed by atoms with E-state index in [2.05, 4.69) is 15.5 Å². The van der Waals surface area contributed by atoms with Gasteiger partial charge in [-0.3, -0.25) is 15.2 Å². The molecule has 1 aliphatic rings. The highest BCUT2D eigenvalue weighted by Gasteiger charge is 2.29. The molecule has 2 heterocycles. The highest BCUT2D eigenvalue weighted by Crippen LogP contribution is 2.34. The van der Waals surface area contributed by atoms with Gasteiger partial charge in [0.05, 0.1) is 13.2 Å². The summed E-state index contributed by atoms with van der Waals surface area (Å²) in [6, 6.07) is 10.3. The number of ketones is 1. The van der Waals surface area contributed by atoms with Crippen molar-refractivity contribution in [3.05, 3.63) is 65.1 Å². The lowest BCUT2D eigenvalue weighted by Gasteiger charge is -2.12. The quantitative estimate of drug-likeness (QED) is 0.611. The summed E-state index contributed by atoms with van der Waals surface area (Å²) in [6.07, 6.45) is 2.54. The Balaban J connectivity index is 1.52. The normalized spacial score (nSPS) is 15.4. The molecule has 0 spiro atoms. The minimum Gasteiger partial charge on any atom is -0.497 e. The third-order valence-corrected chi connectivity index (χ3v) is 5.11. The Hall–Kier alpha value is -3.19. The first-order valence-corrected chi connectivity index (χ1v) is 9.08. The van der Waals surface area contributed by atoms with Crippen LogP contribution in [0.3, 0.4) is 0 Å². The van der Waals surface area contributed by atoms with Crippen LogP contribution in [-0.2, 0) is 17.8 Å². The molecule has 6 nitrogen and oxygen atoms in total. The van der Waals surface area contributed by atoms with E-state index in [0.29, 0.717) is 36.1 Å². The first-order valence-electron chi connectivity index (χ1n) is 9.08. The van der Waals surface area contributed by atoms with E-state index in [9.17, 15) is 9.18 Å². The number of aryl methyl sites for hydroxylation is 1. The van der Waals surface area contributed by atoms with Crippen LogP contribution in [-0.4, -0.2) is 23.1 Å². The lowest BCUT2D eigenvalue weighted by molar-refractivity contribution is -0.121. The number of aromatic amines is 1. The summed E-state index contributed by atoms with van der Waals surface area (Å²) >= 11 is 0. The van der Waals surface area contributed by atoms with Crippen LogP contribution in [0.2, 0.25) is 0 Å². The van der Waals surface area contributed by atoms with Crippen LogP contribution >= 0.6 is 0 Å². The van der Waals surface area contributed by atoms with Gasteiger partial charge in [-0.25, -0.2) is 4.39 Å².